The minimum Gasteiger partial charge on any atom is -0.487 e. The van der Waals surface area contributed by atoms with Gasteiger partial charge in [-0.05, 0) is 31.9 Å². The number of nitrogens with zero attached hydrogens (tertiary/aromatic N) is 3. The van der Waals surface area contributed by atoms with Crippen LogP contribution in [0.2, 0.25) is 0 Å². The van der Waals surface area contributed by atoms with Gasteiger partial charge in [-0.25, -0.2) is 23.5 Å². The average Bonchev–Trinajstić information content (AvgIpc) is 3.65. The van der Waals surface area contributed by atoms with E-state index in [1.165, 1.54) is 25.0 Å². The molecule has 1 saturated heterocycles. The molecule has 1 atom stereocenters. The molecule has 37 heavy (non-hydrogen) atoms. The Morgan fingerprint density at radius 3 is 2.43 bits per heavy atom. The molecule has 3 aliphatic rings. The summed E-state index contributed by atoms with van der Waals surface area (Å²) in [5, 5.41) is 14.1. The monoisotopic (exact) mass is 529 g/mol. The molecule has 2 aliphatic heterocycles. The van der Waals surface area contributed by atoms with Crippen LogP contribution in [0.15, 0.2) is 18.2 Å². The first kappa shape index (κ1) is 26.8. The lowest BCUT2D eigenvalue weighted by Crippen LogP contribution is -2.40. The van der Waals surface area contributed by atoms with E-state index in [4.69, 9.17) is 24.6 Å². The molecule has 2 aromatic rings. The molecule has 1 unspecified atom stereocenters. The maximum Gasteiger partial charge on any atom is 0.490 e. The lowest BCUT2D eigenvalue weighted by molar-refractivity contribution is -0.192. The minimum absolute atomic E-state index is 0.104. The highest BCUT2D eigenvalue weighted by Gasteiger charge is 2.38. The first-order valence-corrected chi connectivity index (χ1v) is 12.1. The third-order valence-electron chi connectivity index (χ3n) is 6.29. The molecule has 8 nitrogen and oxygen atoms in total. The van der Waals surface area contributed by atoms with Gasteiger partial charge in [-0.1, -0.05) is 0 Å². The normalized spacial score (nSPS) is 19.9. The second-order valence-corrected chi connectivity index (χ2v) is 9.25. The molecule has 3 N–H and O–H groups in total. The Balaban J connectivity index is 0.000000405. The van der Waals surface area contributed by atoms with Crippen molar-refractivity contribution in [1.82, 2.24) is 15.3 Å². The van der Waals surface area contributed by atoms with Gasteiger partial charge in [0.05, 0.1) is 11.4 Å². The standard InChI is InChI=1S/C22H27F2N5O.C2HF3O2/c1-13-20-18(6-9-25-13)27-21(26-15-3-4-15)22(28-20)29-10-7-16(8-11-29)30-19-5-2-14(23)12-17(19)24;3-2(4,5)1(6)7/h2,5,12-13,15-16,25H,3-4,6-11H2,1H3,(H,26,27);(H,6,7). The van der Waals surface area contributed by atoms with Gasteiger partial charge < -0.3 is 25.4 Å². The van der Waals surface area contributed by atoms with Crippen molar-refractivity contribution in [2.45, 2.75) is 63.4 Å². The summed E-state index contributed by atoms with van der Waals surface area (Å²) in [5.41, 5.74) is 2.11. The van der Waals surface area contributed by atoms with E-state index >= 15 is 0 Å². The topological polar surface area (TPSA) is 99.6 Å². The first-order chi connectivity index (χ1) is 17.5. The third-order valence-corrected chi connectivity index (χ3v) is 6.29. The number of hydrogen-bond acceptors (Lipinski definition) is 7. The summed E-state index contributed by atoms with van der Waals surface area (Å²) in [6.07, 6.45) is -0.457. The van der Waals surface area contributed by atoms with Crippen molar-refractivity contribution in [3.05, 3.63) is 41.2 Å². The summed E-state index contributed by atoms with van der Waals surface area (Å²) in [4.78, 5) is 21.1. The van der Waals surface area contributed by atoms with Crippen LogP contribution in [0.5, 0.6) is 5.75 Å². The highest BCUT2D eigenvalue weighted by atomic mass is 19.4. The molecule has 13 heteroatoms. The number of hydrogen-bond donors (Lipinski definition) is 3. The Hall–Kier alpha value is -3.22. The molecule has 0 bridgehead atoms. The Bertz CT molecular complexity index is 1120. The van der Waals surface area contributed by atoms with Gasteiger partial charge in [0.2, 0.25) is 0 Å². The van der Waals surface area contributed by atoms with Gasteiger partial charge in [-0.3, -0.25) is 0 Å². The first-order valence-electron chi connectivity index (χ1n) is 12.1. The summed E-state index contributed by atoms with van der Waals surface area (Å²) in [5.74, 6) is -2.11. The van der Waals surface area contributed by atoms with Crippen LogP contribution in [0, 0.1) is 11.6 Å². The molecule has 0 amide bonds. The van der Waals surface area contributed by atoms with Gasteiger partial charge in [-0.2, -0.15) is 13.2 Å². The van der Waals surface area contributed by atoms with Gasteiger partial charge in [0.15, 0.2) is 23.2 Å². The van der Waals surface area contributed by atoms with Crippen molar-refractivity contribution in [2.75, 3.05) is 29.9 Å². The number of anilines is 2. The lowest BCUT2D eigenvalue weighted by Gasteiger charge is -2.35. The Morgan fingerprint density at radius 2 is 1.84 bits per heavy atom. The van der Waals surface area contributed by atoms with Gasteiger partial charge in [0.1, 0.15) is 11.9 Å². The molecule has 1 aliphatic carbocycles. The van der Waals surface area contributed by atoms with E-state index in [0.717, 1.165) is 68.0 Å². The van der Waals surface area contributed by atoms with Crippen LogP contribution in [0.25, 0.3) is 0 Å². The second kappa shape index (κ2) is 11.0. The van der Waals surface area contributed by atoms with Crippen molar-refractivity contribution in [3.8, 4) is 5.75 Å². The van der Waals surface area contributed by atoms with E-state index < -0.39 is 23.8 Å². The van der Waals surface area contributed by atoms with Crippen molar-refractivity contribution >= 4 is 17.6 Å². The fraction of sp³-hybridized carbons (Fsp3) is 0.542. The van der Waals surface area contributed by atoms with Gasteiger partial charge in [-0.15, -0.1) is 0 Å². The lowest BCUT2D eigenvalue weighted by atomic mass is 10.1. The molecule has 3 heterocycles. The number of carbonyl (C=O) groups is 1. The number of alkyl halides is 3. The maximum absolute atomic E-state index is 13.9. The number of benzene rings is 1. The largest absolute Gasteiger partial charge is 0.490 e. The Kier molecular flexibility index (Phi) is 8.00. The molecular weight excluding hydrogens is 501 g/mol. The summed E-state index contributed by atoms with van der Waals surface area (Å²) in [7, 11) is 0. The zero-order chi connectivity index (χ0) is 26.7. The number of fused-ring (bicyclic) bond motifs is 1. The number of aromatic nitrogens is 2. The summed E-state index contributed by atoms with van der Waals surface area (Å²) in [6.45, 7) is 4.56. The number of aliphatic carboxylic acids is 1. The summed E-state index contributed by atoms with van der Waals surface area (Å²) >= 11 is 0. The molecule has 202 valence electrons. The highest BCUT2D eigenvalue weighted by Crippen LogP contribution is 2.34. The third kappa shape index (κ3) is 6.96. The zero-order valence-corrected chi connectivity index (χ0v) is 20.1. The van der Waals surface area contributed by atoms with Crippen LogP contribution in [0.3, 0.4) is 0 Å². The molecule has 0 radical (unpaired) electrons. The van der Waals surface area contributed by atoms with E-state index in [1.54, 1.807) is 0 Å². The SMILES string of the molecule is CC1NCCc2nc(NC3CC3)c(N3CCC(Oc4ccc(F)cc4F)CC3)nc21.O=C(O)C(F)(F)F. The quantitative estimate of drug-likeness (QED) is 0.496. The minimum atomic E-state index is -5.08. The fourth-order valence-corrected chi connectivity index (χ4v) is 4.18. The van der Waals surface area contributed by atoms with Gasteiger partial charge in [0, 0.05) is 57.0 Å². The fourth-order valence-electron chi connectivity index (χ4n) is 4.18. The van der Waals surface area contributed by atoms with Crippen LogP contribution in [-0.4, -0.2) is 59.0 Å². The average molecular weight is 530 g/mol. The van der Waals surface area contributed by atoms with Crippen LogP contribution in [-0.2, 0) is 11.2 Å². The number of piperidine rings is 1. The second-order valence-electron chi connectivity index (χ2n) is 9.25. The molecule has 1 aromatic heterocycles. The van der Waals surface area contributed by atoms with Crippen molar-refractivity contribution < 1.29 is 36.6 Å². The predicted octanol–water partition coefficient (Wildman–Crippen LogP) is 4.22. The van der Waals surface area contributed by atoms with Crippen molar-refractivity contribution in [3.63, 3.8) is 0 Å². The number of carboxylic acids is 1. The molecule has 0 spiro atoms. The van der Waals surface area contributed by atoms with E-state index in [1.807, 2.05) is 0 Å². The van der Waals surface area contributed by atoms with Crippen LogP contribution in [0.1, 0.15) is 50.0 Å². The Morgan fingerprint density at radius 1 is 1.16 bits per heavy atom. The maximum atomic E-state index is 13.9. The van der Waals surface area contributed by atoms with E-state index in [-0.39, 0.29) is 17.9 Å². The summed E-state index contributed by atoms with van der Waals surface area (Å²) < 4.78 is 64.6. The van der Waals surface area contributed by atoms with Crippen LogP contribution in [0.4, 0.5) is 33.6 Å². The number of halogens is 5. The van der Waals surface area contributed by atoms with Gasteiger partial charge >= 0.3 is 12.1 Å². The zero-order valence-electron chi connectivity index (χ0n) is 20.1. The number of ether oxygens (including phenoxy) is 1. The molecule has 5 rings (SSSR count). The van der Waals surface area contributed by atoms with Crippen molar-refractivity contribution in [1.29, 1.82) is 0 Å². The van der Waals surface area contributed by atoms with E-state index in [9.17, 15) is 22.0 Å². The van der Waals surface area contributed by atoms with Gasteiger partial charge in [0.25, 0.3) is 0 Å². The van der Waals surface area contributed by atoms with E-state index in [2.05, 4.69) is 22.5 Å². The Labute approximate surface area is 210 Å². The highest BCUT2D eigenvalue weighted by molar-refractivity contribution is 5.73. The molecular formula is C24H28F5N5O3. The molecule has 1 aromatic carbocycles. The predicted molar refractivity (Wildman–Crippen MR) is 125 cm³/mol. The van der Waals surface area contributed by atoms with Crippen LogP contribution >= 0.6 is 0 Å². The number of rotatable bonds is 5. The molecule has 1 saturated carbocycles. The molecule has 2 fully saturated rings. The number of carboxylic acid groups (broad SMARTS) is 1. The van der Waals surface area contributed by atoms with Crippen LogP contribution < -0.4 is 20.3 Å². The van der Waals surface area contributed by atoms with Crippen molar-refractivity contribution in [2.24, 2.45) is 0 Å². The smallest absolute Gasteiger partial charge is 0.487 e. The summed E-state index contributed by atoms with van der Waals surface area (Å²) in [6, 6.07) is 4.13. The van der Waals surface area contributed by atoms with E-state index in [0.29, 0.717) is 6.04 Å². The number of nitrogens with one attached hydrogen (secondary N) is 2.